The van der Waals surface area contributed by atoms with Crippen LogP contribution in [0.25, 0.3) is 0 Å². The summed E-state index contributed by atoms with van der Waals surface area (Å²) in [6, 6.07) is 0. The van der Waals surface area contributed by atoms with Crippen molar-refractivity contribution in [3.05, 3.63) is 12.2 Å². The van der Waals surface area contributed by atoms with Gasteiger partial charge in [-0.2, -0.15) is 0 Å². The summed E-state index contributed by atoms with van der Waals surface area (Å²) in [4.78, 5) is 0. The van der Waals surface area contributed by atoms with E-state index in [0.717, 1.165) is 11.8 Å². The fourth-order valence-electron chi connectivity index (χ4n) is 1.84. The van der Waals surface area contributed by atoms with E-state index < -0.39 is 0 Å². The Morgan fingerprint density at radius 1 is 1.11 bits per heavy atom. The zero-order valence-electron chi connectivity index (χ0n) is 5.84. The quantitative estimate of drug-likeness (QED) is 0.433. The monoisotopic (exact) mass is 122 g/mol. The highest BCUT2D eigenvalue weighted by Gasteiger charge is 2.35. The molecule has 0 amide bonds. The first-order valence-electron chi connectivity index (χ1n) is 4.12. The molecular formula is C9H14. The standard InChI is InChI=1S/C9H14/c1-2-4-6-9-7-8(9)5-3-1/h1,3,8-9H,2,4-7H2. The van der Waals surface area contributed by atoms with Gasteiger partial charge in [0.15, 0.2) is 0 Å². The van der Waals surface area contributed by atoms with Crippen molar-refractivity contribution in [3.63, 3.8) is 0 Å². The third-order valence-electron chi connectivity index (χ3n) is 2.62. The second-order valence-electron chi connectivity index (χ2n) is 3.39. The molecule has 0 N–H and O–H groups in total. The Kier molecular flexibility index (Phi) is 1.33. The molecule has 1 saturated carbocycles. The van der Waals surface area contributed by atoms with Crippen LogP contribution in [0.15, 0.2) is 12.2 Å². The molecule has 2 aliphatic rings. The molecule has 2 unspecified atom stereocenters. The van der Waals surface area contributed by atoms with Crippen LogP contribution in [0.5, 0.6) is 0 Å². The first-order valence-corrected chi connectivity index (χ1v) is 4.12. The normalized spacial score (nSPS) is 40.9. The van der Waals surface area contributed by atoms with E-state index in [1.165, 1.54) is 32.1 Å². The van der Waals surface area contributed by atoms with Crippen LogP contribution >= 0.6 is 0 Å². The summed E-state index contributed by atoms with van der Waals surface area (Å²) in [7, 11) is 0. The molecule has 0 spiro atoms. The Bertz CT molecular complexity index is 124. The highest BCUT2D eigenvalue weighted by molar-refractivity contribution is 4.96. The highest BCUT2D eigenvalue weighted by atomic mass is 14.4. The molecule has 1 fully saturated rings. The second-order valence-corrected chi connectivity index (χ2v) is 3.39. The van der Waals surface area contributed by atoms with Gasteiger partial charge in [-0.15, -0.1) is 0 Å². The summed E-state index contributed by atoms with van der Waals surface area (Å²) in [6.07, 6.45) is 11.9. The molecule has 0 aliphatic heterocycles. The predicted molar refractivity (Wildman–Crippen MR) is 39.2 cm³/mol. The van der Waals surface area contributed by atoms with E-state index in [0.29, 0.717) is 0 Å². The van der Waals surface area contributed by atoms with Crippen molar-refractivity contribution in [1.29, 1.82) is 0 Å². The average Bonchev–Trinajstić information content (AvgIpc) is 2.46. The lowest BCUT2D eigenvalue weighted by Crippen LogP contribution is -1.85. The zero-order valence-corrected chi connectivity index (χ0v) is 5.84. The molecular weight excluding hydrogens is 108 g/mol. The number of hydrogen-bond acceptors (Lipinski definition) is 0. The van der Waals surface area contributed by atoms with Crippen LogP contribution < -0.4 is 0 Å². The first-order chi connectivity index (χ1) is 4.47. The lowest BCUT2D eigenvalue weighted by molar-refractivity contribution is 0.605. The number of hydrogen-bond donors (Lipinski definition) is 0. The first kappa shape index (κ1) is 5.52. The maximum atomic E-state index is 2.38. The van der Waals surface area contributed by atoms with Crippen molar-refractivity contribution in [3.8, 4) is 0 Å². The van der Waals surface area contributed by atoms with Gasteiger partial charge in [0.1, 0.15) is 0 Å². The third kappa shape index (κ3) is 1.17. The number of allylic oxidation sites excluding steroid dienone is 2. The second kappa shape index (κ2) is 2.17. The van der Waals surface area contributed by atoms with E-state index in [-0.39, 0.29) is 0 Å². The topological polar surface area (TPSA) is 0 Å². The summed E-state index contributed by atoms with van der Waals surface area (Å²) in [5.74, 6) is 2.23. The molecule has 0 radical (unpaired) electrons. The molecule has 2 atom stereocenters. The van der Waals surface area contributed by atoms with Crippen LogP contribution in [0.3, 0.4) is 0 Å². The van der Waals surface area contributed by atoms with Crippen LogP contribution in [0.2, 0.25) is 0 Å². The summed E-state index contributed by atoms with van der Waals surface area (Å²) in [5.41, 5.74) is 0. The van der Waals surface area contributed by atoms with Gasteiger partial charge in [0.2, 0.25) is 0 Å². The SMILES string of the molecule is C1=CCC2CC2CCC1. The van der Waals surface area contributed by atoms with Gasteiger partial charge in [-0.05, 0) is 43.9 Å². The summed E-state index contributed by atoms with van der Waals surface area (Å²) in [6.45, 7) is 0. The maximum Gasteiger partial charge on any atom is -0.0319 e. The van der Waals surface area contributed by atoms with E-state index in [1.807, 2.05) is 0 Å². The number of rotatable bonds is 0. The molecule has 0 heteroatoms. The molecule has 2 aliphatic carbocycles. The summed E-state index contributed by atoms with van der Waals surface area (Å²) < 4.78 is 0. The van der Waals surface area contributed by atoms with Gasteiger partial charge < -0.3 is 0 Å². The predicted octanol–water partition coefficient (Wildman–Crippen LogP) is 2.75. The Hall–Kier alpha value is -0.260. The van der Waals surface area contributed by atoms with Gasteiger partial charge in [0.25, 0.3) is 0 Å². The molecule has 2 rings (SSSR count). The van der Waals surface area contributed by atoms with E-state index in [1.54, 1.807) is 0 Å². The molecule has 0 bridgehead atoms. The third-order valence-corrected chi connectivity index (χ3v) is 2.62. The molecule has 0 aromatic rings. The van der Waals surface area contributed by atoms with Crippen molar-refractivity contribution in [2.75, 3.05) is 0 Å². The molecule has 0 nitrogen and oxygen atoms in total. The van der Waals surface area contributed by atoms with Crippen molar-refractivity contribution in [2.24, 2.45) is 11.8 Å². The fraction of sp³-hybridized carbons (Fsp3) is 0.778. The summed E-state index contributed by atoms with van der Waals surface area (Å²) >= 11 is 0. The van der Waals surface area contributed by atoms with E-state index >= 15 is 0 Å². The van der Waals surface area contributed by atoms with Gasteiger partial charge in [-0.1, -0.05) is 12.2 Å². The van der Waals surface area contributed by atoms with Gasteiger partial charge in [0.05, 0.1) is 0 Å². The van der Waals surface area contributed by atoms with Crippen LogP contribution in [-0.2, 0) is 0 Å². The van der Waals surface area contributed by atoms with Crippen molar-refractivity contribution >= 4 is 0 Å². The Morgan fingerprint density at radius 3 is 3.11 bits per heavy atom. The largest absolute Gasteiger partial charge is 0.0885 e. The van der Waals surface area contributed by atoms with E-state index in [4.69, 9.17) is 0 Å². The van der Waals surface area contributed by atoms with Crippen LogP contribution in [0.1, 0.15) is 32.1 Å². The lowest BCUT2D eigenvalue weighted by atomic mass is 10.1. The number of fused-ring (bicyclic) bond motifs is 1. The molecule has 50 valence electrons. The van der Waals surface area contributed by atoms with E-state index in [9.17, 15) is 0 Å². The maximum absolute atomic E-state index is 2.38. The van der Waals surface area contributed by atoms with Crippen molar-refractivity contribution < 1.29 is 0 Å². The molecule has 0 saturated heterocycles. The van der Waals surface area contributed by atoms with Crippen LogP contribution in [0.4, 0.5) is 0 Å². The molecule has 0 aromatic heterocycles. The minimum Gasteiger partial charge on any atom is -0.0885 e. The smallest absolute Gasteiger partial charge is 0.0319 e. The van der Waals surface area contributed by atoms with Crippen LogP contribution in [0, 0.1) is 11.8 Å². The Labute approximate surface area is 57.0 Å². The highest BCUT2D eigenvalue weighted by Crippen LogP contribution is 2.45. The van der Waals surface area contributed by atoms with Gasteiger partial charge >= 0.3 is 0 Å². The lowest BCUT2D eigenvalue weighted by Gasteiger charge is -1.99. The molecule has 0 heterocycles. The van der Waals surface area contributed by atoms with Crippen molar-refractivity contribution in [2.45, 2.75) is 32.1 Å². The van der Waals surface area contributed by atoms with Gasteiger partial charge in [-0.3, -0.25) is 0 Å². The van der Waals surface area contributed by atoms with E-state index in [2.05, 4.69) is 12.2 Å². The fourth-order valence-corrected chi connectivity index (χ4v) is 1.84. The Balaban J connectivity index is 1.93. The van der Waals surface area contributed by atoms with Gasteiger partial charge in [0, 0.05) is 0 Å². The minimum atomic E-state index is 1.10. The minimum absolute atomic E-state index is 1.10. The average molecular weight is 122 g/mol. The van der Waals surface area contributed by atoms with Gasteiger partial charge in [-0.25, -0.2) is 0 Å². The molecule has 9 heavy (non-hydrogen) atoms. The molecule has 0 aromatic carbocycles. The zero-order chi connectivity index (χ0) is 6.10. The van der Waals surface area contributed by atoms with Crippen LogP contribution in [-0.4, -0.2) is 0 Å². The van der Waals surface area contributed by atoms with Crippen molar-refractivity contribution in [1.82, 2.24) is 0 Å². The Morgan fingerprint density at radius 2 is 2.11 bits per heavy atom. The summed E-state index contributed by atoms with van der Waals surface area (Å²) in [5, 5.41) is 0.